The molecule has 1 rings (SSSR count). The minimum atomic E-state index is -0.218. The van der Waals surface area contributed by atoms with Crippen LogP contribution in [0.3, 0.4) is 0 Å². The van der Waals surface area contributed by atoms with E-state index < -0.39 is 0 Å². The van der Waals surface area contributed by atoms with Gasteiger partial charge in [-0.15, -0.1) is 0 Å². The number of hydrogen-bond acceptors (Lipinski definition) is 1. The van der Waals surface area contributed by atoms with Gasteiger partial charge in [0.25, 0.3) is 0 Å². The van der Waals surface area contributed by atoms with Gasteiger partial charge in [0.05, 0.1) is 0 Å². The van der Waals surface area contributed by atoms with Crippen LogP contribution in [0.1, 0.15) is 25.8 Å². The van der Waals surface area contributed by atoms with E-state index in [0.717, 1.165) is 16.5 Å². The maximum atomic E-state index is 12.9. The van der Waals surface area contributed by atoms with Crippen molar-refractivity contribution in [1.82, 2.24) is 0 Å². The molecule has 0 amide bonds. The summed E-state index contributed by atoms with van der Waals surface area (Å²) in [6.07, 6.45) is 0.886. The zero-order chi connectivity index (χ0) is 10.8. The second-order valence-electron chi connectivity index (χ2n) is 4.05. The zero-order valence-electron chi connectivity index (χ0n) is 8.48. The molecule has 0 bridgehead atoms. The molecule has 1 aromatic rings. The number of nitrogens with two attached hydrogens (primary N) is 1. The Balaban J connectivity index is 3.06. The van der Waals surface area contributed by atoms with Gasteiger partial charge in [0.1, 0.15) is 5.82 Å². The first kappa shape index (κ1) is 11.7. The molecule has 0 atom stereocenters. The normalized spacial score (nSPS) is 11.8. The SMILES string of the molecule is CC(C)(CCN)c1ccc(F)cc1Br. The van der Waals surface area contributed by atoms with Gasteiger partial charge in [0.15, 0.2) is 0 Å². The van der Waals surface area contributed by atoms with Gasteiger partial charge >= 0.3 is 0 Å². The Morgan fingerprint density at radius 3 is 2.57 bits per heavy atom. The van der Waals surface area contributed by atoms with E-state index in [1.165, 1.54) is 12.1 Å². The number of rotatable bonds is 3. The predicted octanol–water partition coefficient (Wildman–Crippen LogP) is 3.21. The summed E-state index contributed by atoms with van der Waals surface area (Å²) in [5.74, 6) is -0.218. The molecule has 0 radical (unpaired) electrons. The quantitative estimate of drug-likeness (QED) is 0.887. The van der Waals surface area contributed by atoms with E-state index in [4.69, 9.17) is 5.73 Å². The van der Waals surface area contributed by atoms with Crippen LogP contribution in [0.4, 0.5) is 4.39 Å². The molecule has 0 aliphatic rings. The average Bonchev–Trinajstić information content (AvgIpc) is 2.02. The lowest BCUT2D eigenvalue weighted by Crippen LogP contribution is -2.22. The molecule has 0 aliphatic heterocycles. The minimum Gasteiger partial charge on any atom is -0.330 e. The Morgan fingerprint density at radius 1 is 1.43 bits per heavy atom. The molecule has 0 fully saturated rings. The Labute approximate surface area is 92.6 Å². The van der Waals surface area contributed by atoms with Crippen LogP contribution in [0, 0.1) is 5.82 Å². The summed E-state index contributed by atoms with van der Waals surface area (Å²) in [5.41, 5.74) is 6.63. The van der Waals surface area contributed by atoms with Crippen LogP contribution in [-0.2, 0) is 5.41 Å². The Morgan fingerprint density at radius 2 is 2.07 bits per heavy atom. The number of hydrogen-bond donors (Lipinski definition) is 1. The summed E-state index contributed by atoms with van der Waals surface area (Å²) in [7, 11) is 0. The van der Waals surface area contributed by atoms with Crippen molar-refractivity contribution in [2.45, 2.75) is 25.7 Å². The van der Waals surface area contributed by atoms with E-state index >= 15 is 0 Å². The van der Waals surface area contributed by atoms with Gasteiger partial charge < -0.3 is 5.73 Å². The Kier molecular flexibility index (Phi) is 3.67. The van der Waals surface area contributed by atoms with E-state index in [2.05, 4.69) is 29.8 Å². The molecule has 0 unspecified atom stereocenters. The number of benzene rings is 1. The summed E-state index contributed by atoms with van der Waals surface area (Å²) >= 11 is 3.37. The third-order valence-electron chi connectivity index (χ3n) is 2.43. The monoisotopic (exact) mass is 259 g/mol. The van der Waals surface area contributed by atoms with E-state index in [9.17, 15) is 4.39 Å². The van der Waals surface area contributed by atoms with Crippen LogP contribution in [-0.4, -0.2) is 6.54 Å². The molecule has 0 aliphatic carbocycles. The zero-order valence-corrected chi connectivity index (χ0v) is 10.1. The van der Waals surface area contributed by atoms with Crippen LogP contribution < -0.4 is 5.73 Å². The lowest BCUT2D eigenvalue weighted by Gasteiger charge is -2.25. The van der Waals surface area contributed by atoms with Gasteiger partial charge in [0, 0.05) is 4.47 Å². The third kappa shape index (κ3) is 2.55. The molecule has 3 heteroatoms. The van der Waals surface area contributed by atoms with Crippen molar-refractivity contribution in [2.24, 2.45) is 5.73 Å². The lowest BCUT2D eigenvalue weighted by atomic mass is 9.82. The second kappa shape index (κ2) is 4.41. The molecule has 2 N–H and O–H groups in total. The van der Waals surface area contributed by atoms with Crippen molar-refractivity contribution in [3.8, 4) is 0 Å². The molecule has 78 valence electrons. The highest BCUT2D eigenvalue weighted by molar-refractivity contribution is 9.10. The fraction of sp³-hybridized carbons (Fsp3) is 0.455. The second-order valence-corrected chi connectivity index (χ2v) is 4.90. The average molecular weight is 260 g/mol. The molecule has 0 saturated heterocycles. The third-order valence-corrected chi connectivity index (χ3v) is 3.09. The van der Waals surface area contributed by atoms with Crippen molar-refractivity contribution >= 4 is 15.9 Å². The van der Waals surface area contributed by atoms with Crippen LogP contribution in [0.15, 0.2) is 22.7 Å². The molecule has 14 heavy (non-hydrogen) atoms. The first-order chi connectivity index (χ1) is 6.47. The maximum absolute atomic E-state index is 12.9. The van der Waals surface area contributed by atoms with Crippen molar-refractivity contribution in [3.63, 3.8) is 0 Å². The summed E-state index contributed by atoms with van der Waals surface area (Å²) in [6.45, 7) is 4.85. The molecule has 0 heterocycles. The first-order valence-corrected chi connectivity index (χ1v) is 5.42. The molecule has 1 aromatic carbocycles. The molecular formula is C11H15BrFN. The van der Waals surface area contributed by atoms with E-state index in [1.807, 2.05) is 6.07 Å². The molecule has 0 aromatic heterocycles. The smallest absolute Gasteiger partial charge is 0.124 e. The van der Waals surface area contributed by atoms with Crippen molar-refractivity contribution in [1.29, 1.82) is 0 Å². The minimum absolute atomic E-state index is 0.0126. The first-order valence-electron chi connectivity index (χ1n) is 4.63. The molecular weight excluding hydrogens is 245 g/mol. The van der Waals surface area contributed by atoms with Crippen molar-refractivity contribution in [3.05, 3.63) is 34.1 Å². The van der Waals surface area contributed by atoms with E-state index in [-0.39, 0.29) is 11.2 Å². The van der Waals surface area contributed by atoms with Crippen LogP contribution >= 0.6 is 15.9 Å². The molecule has 1 nitrogen and oxygen atoms in total. The van der Waals surface area contributed by atoms with E-state index in [1.54, 1.807) is 0 Å². The highest BCUT2D eigenvalue weighted by Crippen LogP contribution is 2.32. The van der Waals surface area contributed by atoms with E-state index in [0.29, 0.717) is 6.54 Å². The van der Waals surface area contributed by atoms with Crippen LogP contribution in [0.25, 0.3) is 0 Å². The molecule has 0 spiro atoms. The standard InChI is InChI=1S/C11H15BrFN/c1-11(2,5-6-14)9-4-3-8(13)7-10(9)12/h3-4,7H,5-6,14H2,1-2H3. The van der Waals surface area contributed by atoms with Crippen LogP contribution in [0.2, 0.25) is 0 Å². The topological polar surface area (TPSA) is 26.0 Å². The van der Waals surface area contributed by atoms with Gasteiger partial charge in [-0.2, -0.15) is 0 Å². The van der Waals surface area contributed by atoms with Gasteiger partial charge in [0.2, 0.25) is 0 Å². The molecule has 0 saturated carbocycles. The van der Waals surface area contributed by atoms with Crippen LogP contribution in [0.5, 0.6) is 0 Å². The highest BCUT2D eigenvalue weighted by Gasteiger charge is 2.22. The van der Waals surface area contributed by atoms with Gasteiger partial charge in [-0.3, -0.25) is 0 Å². The summed E-state index contributed by atoms with van der Waals surface area (Å²) in [6, 6.07) is 4.79. The summed E-state index contributed by atoms with van der Waals surface area (Å²) in [5, 5.41) is 0. The lowest BCUT2D eigenvalue weighted by molar-refractivity contribution is 0.484. The van der Waals surface area contributed by atoms with Gasteiger partial charge in [-0.1, -0.05) is 35.8 Å². The van der Waals surface area contributed by atoms with Crippen molar-refractivity contribution in [2.75, 3.05) is 6.54 Å². The largest absolute Gasteiger partial charge is 0.330 e. The van der Waals surface area contributed by atoms with Gasteiger partial charge in [-0.25, -0.2) is 4.39 Å². The predicted molar refractivity (Wildman–Crippen MR) is 60.8 cm³/mol. The Hall–Kier alpha value is -0.410. The highest BCUT2D eigenvalue weighted by atomic mass is 79.9. The number of halogens is 2. The fourth-order valence-corrected chi connectivity index (χ4v) is 2.42. The fourth-order valence-electron chi connectivity index (χ4n) is 1.53. The summed E-state index contributed by atoms with van der Waals surface area (Å²) in [4.78, 5) is 0. The van der Waals surface area contributed by atoms with Gasteiger partial charge in [-0.05, 0) is 36.1 Å². The summed E-state index contributed by atoms with van der Waals surface area (Å²) < 4.78 is 13.7. The Bertz CT molecular complexity index is 323. The maximum Gasteiger partial charge on any atom is 0.124 e. The van der Waals surface area contributed by atoms with Crippen molar-refractivity contribution < 1.29 is 4.39 Å².